The van der Waals surface area contributed by atoms with Crippen LogP contribution in [0.5, 0.6) is 0 Å². The summed E-state index contributed by atoms with van der Waals surface area (Å²) in [6.07, 6.45) is 3.03. The van der Waals surface area contributed by atoms with Crippen LogP contribution in [0.3, 0.4) is 0 Å². The number of amides is 2. The molecule has 114 valence electrons. The van der Waals surface area contributed by atoms with Crippen molar-refractivity contribution < 1.29 is 14.7 Å². The van der Waals surface area contributed by atoms with E-state index in [1.165, 1.54) is 11.8 Å². The maximum absolute atomic E-state index is 12.4. The van der Waals surface area contributed by atoms with Gasteiger partial charge in [0.15, 0.2) is 0 Å². The summed E-state index contributed by atoms with van der Waals surface area (Å²) in [6, 6.07) is 6.79. The summed E-state index contributed by atoms with van der Waals surface area (Å²) in [5.74, 6) is -0.377. The van der Waals surface area contributed by atoms with Gasteiger partial charge in [0.25, 0.3) is 5.91 Å². The Balaban J connectivity index is 2.17. The first-order chi connectivity index (χ1) is 10.0. The van der Waals surface area contributed by atoms with E-state index in [2.05, 4.69) is 5.32 Å². The number of benzene rings is 1. The predicted molar refractivity (Wildman–Crippen MR) is 81.3 cm³/mol. The van der Waals surface area contributed by atoms with Gasteiger partial charge in [0.05, 0.1) is 23.4 Å². The topological polar surface area (TPSA) is 69.6 Å². The fraction of sp³-hybridized carbons (Fsp3) is 0.500. The maximum Gasteiger partial charge on any atom is 0.253 e. The van der Waals surface area contributed by atoms with Crippen molar-refractivity contribution in [3.05, 3.63) is 29.8 Å². The molecule has 2 amide bonds. The second-order valence-electron chi connectivity index (χ2n) is 5.53. The average molecular weight is 290 g/mol. The first-order valence-electron chi connectivity index (χ1n) is 7.33. The molecular formula is C16H22N2O3. The minimum absolute atomic E-state index is 0.132. The zero-order chi connectivity index (χ0) is 15.4. The Morgan fingerprint density at radius 1 is 1.24 bits per heavy atom. The van der Waals surface area contributed by atoms with Gasteiger partial charge in [0, 0.05) is 14.0 Å². The van der Waals surface area contributed by atoms with Gasteiger partial charge in [-0.05, 0) is 25.0 Å². The molecule has 1 aliphatic carbocycles. The van der Waals surface area contributed by atoms with E-state index < -0.39 is 6.10 Å². The molecule has 2 atom stereocenters. The number of carbonyl (C=O) groups excluding carboxylic acids is 2. The maximum atomic E-state index is 12.4. The molecule has 1 aromatic carbocycles. The first kappa shape index (κ1) is 15.5. The summed E-state index contributed by atoms with van der Waals surface area (Å²) in [5, 5.41) is 12.8. The number of carbonyl (C=O) groups is 2. The van der Waals surface area contributed by atoms with Gasteiger partial charge < -0.3 is 15.3 Å². The Morgan fingerprint density at radius 3 is 2.57 bits per heavy atom. The van der Waals surface area contributed by atoms with Crippen molar-refractivity contribution in [2.45, 2.75) is 44.8 Å². The summed E-state index contributed by atoms with van der Waals surface area (Å²) >= 11 is 0. The van der Waals surface area contributed by atoms with Crippen molar-refractivity contribution in [1.29, 1.82) is 0 Å². The third-order valence-corrected chi connectivity index (χ3v) is 4.03. The minimum atomic E-state index is -0.486. The van der Waals surface area contributed by atoms with Gasteiger partial charge in [-0.3, -0.25) is 9.59 Å². The van der Waals surface area contributed by atoms with E-state index in [0.717, 1.165) is 25.7 Å². The van der Waals surface area contributed by atoms with E-state index in [4.69, 9.17) is 0 Å². The smallest absolute Gasteiger partial charge is 0.253 e. The van der Waals surface area contributed by atoms with Crippen LogP contribution in [-0.4, -0.2) is 36.1 Å². The zero-order valence-electron chi connectivity index (χ0n) is 12.5. The fourth-order valence-corrected chi connectivity index (χ4v) is 2.65. The van der Waals surface area contributed by atoms with Crippen molar-refractivity contribution in [1.82, 2.24) is 5.32 Å². The highest BCUT2D eigenvalue weighted by molar-refractivity contribution is 6.04. The van der Waals surface area contributed by atoms with Crippen LogP contribution in [0.1, 0.15) is 43.0 Å². The third-order valence-electron chi connectivity index (χ3n) is 4.03. The van der Waals surface area contributed by atoms with Gasteiger partial charge in [-0.1, -0.05) is 25.0 Å². The van der Waals surface area contributed by atoms with Crippen LogP contribution in [0.4, 0.5) is 5.69 Å². The number of aliphatic hydroxyl groups is 1. The Labute approximate surface area is 125 Å². The van der Waals surface area contributed by atoms with Crippen LogP contribution in [-0.2, 0) is 4.79 Å². The van der Waals surface area contributed by atoms with E-state index in [0.29, 0.717) is 11.3 Å². The van der Waals surface area contributed by atoms with Crippen LogP contribution >= 0.6 is 0 Å². The number of aliphatic hydroxyl groups excluding tert-OH is 1. The fourth-order valence-electron chi connectivity index (χ4n) is 2.65. The molecule has 0 spiro atoms. The molecule has 21 heavy (non-hydrogen) atoms. The molecule has 0 heterocycles. The highest BCUT2D eigenvalue weighted by Crippen LogP contribution is 2.22. The van der Waals surface area contributed by atoms with Crippen LogP contribution in [0.2, 0.25) is 0 Å². The highest BCUT2D eigenvalue weighted by Gasteiger charge is 2.26. The molecule has 1 aromatic rings. The van der Waals surface area contributed by atoms with Crippen molar-refractivity contribution in [2.75, 3.05) is 11.9 Å². The lowest BCUT2D eigenvalue weighted by atomic mass is 9.92. The Kier molecular flexibility index (Phi) is 4.96. The Bertz CT molecular complexity index is 530. The molecule has 1 aliphatic rings. The van der Waals surface area contributed by atoms with Crippen molar-refractivity contribution >= 4 is 17.5 Å². The molecule has 0 aliphatic heterocycles. The number of hydrogen-bond acceptors (Lipinski definition) is 3. The molecule has 0 aromatic heterocycles. The molecule has 1 fully saturated rings. The molecule has 0 saturated heterocycles. The molecule has 1 saturated carbocycles. The van der Waals surface area contributed by atoms with E-state index >= 15 is 0 Å². The number of nitrogens with one attached hydrogen (secondary N) is 1. The van der Waals surface area contributed by atoms with Gasteiger partial charge in [-0.2, -0.15) is 0 Å². The van der Waals surface area contributed by atoms with Gasteiger partial charge in [-0.25, -0.2) is 0 Å². The van der Waals surface area contributed by atoms with Gasteiger partial charge in [0.2, 0.25) is 5.91 Å². The summed E-state index contributed by atoms with van der Waals surface area (Å²) in [4.78, 5) is 25.4. The lowest BCUT2D eigenvalue weighted by molar-refractivity contribution is -0.116. The third kappa shape index (κ3) is 3.61. The second-order valence-corrected chi connectivity index (χ2v) is 5.53. The molecular weight excluding hydrogens is 268 g/mol. The number of para-hydroxylation sites is 1. The Morgan fingerprint density at radius 2 is 1.90 bits per heavy atom. The first-order valence-corrected chi connectivity index (χ1v) is 7.33. The number of hydrogen-bond donors (Lipinski definition) is 2. The van der Waals surface area contributed by atoms with Crippen molar-refractivity contribution in [3.8, 4) is 0 Å². The van der Waals surface area contributed by atoms with Crippen LogP contribution in [0.15, 0.2) is 24.3 Å². The zero-order valence-corrected chi connectivity index (χ0v) is 12.5. The quantitative estimate of drug-likeness (QED) is 0.890. The molecule has 2 unspecified atom stereocenters. The average Bonchev–Trinajstić information content (AvgIpc) is 2.48. The second kappa shape index (κ2) is 6.72. The van der Waals surface area contributed by atoms with E-state index in [9.17, 15) is 14.7 Å². The molecule has 5 nitrogen and oxygen atoms in total. The highest BCUT2D eigenvalue weighted by atomic mass is 16.3. The minimum Gasteiger partial charge on any atom is -0.391 e. The van der Waals surface area contributed by atoms with E-state index in [1.54, 1.807) is 31.3 Å². The van der Waals surface area contributed by atoms with Gasteiger partial charge in [0.1, 0.15) is 0 Å². The number of rotatable bonds is 3. The van der Waals surface area contributed by atoms with E-state index in [1.807, 2.05) is 0 Å². The number of nitrogens with zero attached hydrogens (tertiary/aromatic N) is 1. The van der Waals surface area contributed by atoms with Gasteiger partial charge >= 0.3 is 0 Å². The summed E-state index contributed by atoms with van der Waals surface area (Å²) in [5.41, 5.74) is 1.03. The molecule has 2 N–H and O–H groups in total. The summed E-state index contributed by atoms with van der Waals surface area (Å²) in [7, 11) is 1.64. The number of anilines is 1. The monoisotopic (exact) mass is 290 g/mol. The molecule has 5 heteroatoms. The van der Waals surface area contributed by atoms with Crippen molar-refractivity contribution in [2.24, 2.45) is 0 Å². The summed E-state index contributed by atoms with van der Waals surface area (Å²) < 4.78 is 0. The predicted octanol–water partition coefficient (Wildman–Crippen LogP) is 1.70. The summed E-state index contributed by atoms with van der Waals surface area (Å²) in [6.45, 7) is 1.46. The molecule has 0 bridgehead atoms. The largest absolute Gasteiger partial charge is 0.391 e. The van der Waals surface area contributed by atoms with Crippen LogP contribution in [0.25, 0.3) is 0 Å². The van der Waals surface area contributed by atoms with E-state index in [-0.39, 0.29) is 17.9 Å². The lowest BCUT2D eigenvalue weighted by Gasteiger charge is -2.29. The van der Waals surface area contributed by atoms with Crippen LogP contribution < -0.4 is 10.2 Å². The normalized spacial score (nSPS) is 21.7. The lowest BCUT2D eigenvalue weighted by Crippen LogP contribution is -2.45. The van der Waals surface area contributed by atoms with Crippen molar-refractivity contribution in [3.63, 3.8) is 0 Å². The molecule has 0 radical (unpaired) electrons. The Hall–Kier alpha value is -1.88. The van der Waals surface area contributed by atoms with Crippen LogP contribution in [0, 0.1) is 0 Å². The SMILES string of the molecule is CC(=O)N(C)c1ccccc1C(=O)NC1CCCCC1O. The standard InChI is InChI=1S/C16H22N2O3/c1-11(19)18(2)14-9-5-3-7-12(14)16(21)17-13-8-4-6-10-15(13)20/h3,5,7,9,13,15,20H,4,6,8,10H2,1-2H3,(H,17,21). The van der Waals surface area contributed by atoms with Gasteiger partial charge in [-0.15, -0.1) is 0 Å². The molecule has 2 rings (SSSR count).